The highest BCUT2D eigenvalue weighted by Crippen LogP contribution is 2.34. The quantitative estimate of drug-likeness (QED) is 0.249. The van der Waals surface area contributed by atoms with Gasteiger partial charge in [0.15, 0.2) is 5.41 Å². The van der Waals surface area contributed by atoms with Gasteiger partial charge in [-0.25, -0.2) is 0 Å². The van der Waals surface area contributed by atoms with E-state index in [9.17, 15) is 9.59 Å². The molecule has 0 saturated heterocycles. The molecule has 0 saturated carbocycles. The van der Waals surface area contributed by atoms with Gasteiger partial charge in [0, 0.05) is 6.42 Å². The lowest BCUT2D eigenvalue weighted by atomic mass is 9.77. The van der Waals surface area contributed by atoms with E-state index in [0.717, 1.165) is 0 Å². The number of esters is 2. The molecule has 0 N–H and O–H groups in total. The molecule has 0 spiro atoms. The van der Waals surface area contributed by atoms with Gasteiger partial charge in [0.1, 0.15) is 8.07 Å². The Labute approximate surface area is 128 Å². The third kappa shape index (κ3) is 5.76. The number of hydrogen-bond donors (Lipinski definition) is 0. The maximum absolute atomic E-state index is 12.2. The van der Waals surface area contributed by atoms with Gasteiger partial charge in [-0.15, -0.1) is 18.0 Å². The third-order valence-electron chi connectivity index (χ3n) is 3.08. The molecule has 5 heteroatoms. The molecule has 0 fully saturated rings. The molecule has 1 atom stereocenters. The first kappa shape index (κ1) is 19.5. The smallest absolute Gasteiger partial charge is 0.324 e. The fourth-order valence-electron chi connectivity index (χ4n) is 1.95. The van der Waals surface area contributed by atoms with E-state index in [1.54, 1.807) is 6.08 Å². The van der Waals surface area contributed by atoms with E-state index < -0.39 is 25.4 Å². The van der Waals surface area contributed by atoms with Gasteiger partial charge in [-0.3, -0.25) is 9.59 Å². The molecule has 0 amide bonds. The van der Waals surface area contributed by atoms with E-state index in [0.29, 0.717) is 0 Å². The Morgan fingerprint density at radius 3 is 2.05 bits per heavy atom. The van der Waals surface area contributed by atoms with E-state index >= 15 is 0 Å². The van der Waals surface area contributed by atoms with Crippen LogP contribution in [0, 0.1) is 22.8 Å². The Morgan fingerprint density at radius 2 is 1.71 bits per heavy atom. The average molecular weight is 310 g/mol. The molecule has 118 valence electrons. The minimum absolute atomic E-state index is 0.0307. The first-order chi connectivity index (χ1) is 9.62. The summed E-state index contributed by atoms with van der Waals surface area (Å²) in [5.41, 5.74) is 1.79. The summed E-state index contributed by atoms with van der Waals surface area (Å²) in [6.45, 7) is 11.9. The summed E-state index contributed by atoms with van der Waals surface area (Å²) in [6, 6.07) is 0. The van der Waals surface area contributed by atoms with Crippen LogP contribution in [-0.4, -0.2) is 34.2 Å². The molecule has 1 unspecified atom stereocenters. The first-order valence-corrected chi connectivity index (χ1v) is 10.4. The van der Waals surface area contributed by atoms with Crippen LogP contribution < -0.4 is 0 Å². The fourth-order valence-corrected chi connectivity index (χ4v) is 2.57. The summed E-state index contributed by atoms with van der Waals surface area (Å²) in [4.78, 5) is 24.5. The summed E-state index contributed by atoms with van der Waals surface area (Å²) < 4.78 is 9.67. The number of carbonyl (C=O) groups is 2. The van der Waals surface area contributed by atoms with E-state index in [2.05, 4.69) is 37.7 Å². The number of allylic oxidation sites excluding steroid dienone is 1. The van der Waals surface area contributed by atoms with Crippen molar-refractivity contribution < 1.29 is 19.1 Å². The lowest BCUT2D eigenvalue weighted by Gasteiger charge is -2.28. The minimum atomic E-state index is -1.58. The van der Waals surface area contributed by atoms with Crippen LogP contribution in [-0.2, 0) is 19.1 Å². The molecule has 0 rings (SSSR count). The lowest BCUT2D eigenvalue weighted by Crippen LogP contribution is -2.42. The Hall–Kier alpha value is -1.54. The highest BCUT2D eigenvalue weighted by molar-refractivity contribution is 6.83. The van der Waals surface area contributed by atoms with E-state index in [1.165, 1.54) is 14.2 Å². The normalized spacial score (nSPS) is 12.7. The van der Waals surface area contributed by atoms with E-state index in [-0.39, 0.29) is 18.8 Å². The monoisotopic (exact) mass is 310 g/mol. The molecule has 0 radical (unpaired) electrons. The van der Waals surface area contributed by atoms with Crippen LogP contribution in [0.15, 0.2) is 12.7 Å². The molecule has 21 heavy (non-hydrogen) atoms. The Morgan fingerprint density at radius 1 is 1.24 bits per heavy atom. The first-order valence-electron chi connectivity index (χ1n) is 6.92. The molecule has 0 aliphatic rings. The predicted octanol–water partition coefficient (Wildman–Crippen LogP) is 2.80. The van der Waals surface area contributed by atoms with Gasteiger partial charge < -0.3 is 9.47 Å². The lowest BCUT2D eigenvalue weighted by molar-refractivity contribution is -0.170. The summed E-state index contributed by atoms with van der Waals surface area (Å²) in [5.74, 6) is 1.76. The summed E-state index contributed by atoms with van der Waals surface area (Å²) in [6.07, 6.45) is 2.08. The van der Waals surface area contributed by atoms with Gasteiger partial charge in [0.2, 0.25) is 0 Å². The molecule has 0 heterocycles. The molecule has 0 aromatic heterocycles. The van der Waals surface area contributed by atoms with Gasteiger partial charge in [0.25, 0.3) is 0 Å². The van der Waals surface area contributed by atoms with Crippen molar-refractivity contribution in [1.29, 1.82) is 0 Å². The molecule has 0 bridgehead atoms. The van der Waals surface area contributed by atoms with Crippen molar-refractivity contribution in [2.24, 2.45) is 11.3 Å². The Balaban J connectivity index is 5.65. The van der Waals surface area contributed by atoms with E-state index in [4.69, 9.17) is 9.47 Å². The molecule has 0 aromatic carbocycles. The van der Waals surface area contributed by atoms with Gasteiger partial charge in [-0.1, -0.05) is 32.6 Å². The SMILES string of the molecule is C=CC(C)CC(CC#C[Si](C)(C)C)(C(=O)OC)C(=O)OC. The average Bonchev–Trinajstić information content (AvgIpc) is 2.42. The van der Waals surface area contributed by atoms with Gasteiger partial charge in [-0.2, -0.15) is 0 Å². The van der Waals surface area contributed by atoms with Crippen LogP contribution in [0.25, 0.3) is 0 Å². The molecule has 0 aromatic rings. The van der Waals surface area contributed by atoms with Gasteiger partial charge in [-0.05, 0) is 12.3 Å². The van der Waals surface area contributed by atoms with Crippen molar-refractivity contribution in [3.05, 3.63) is 12.7 Å². The number of rotatable bonds is 6. The number of carbonyl (C=O) groups excluding carboxylic acids is 2. The zero-order valence-electron chi connectivity index (χ0n) is 13.9. The van der Waals surface area contributed by atoms with Crippen LogP contribution in [0.1, 0.15) is 19.8 Å². The van der Waals surface area contributed by atoms with Crippen molar-refractivity contribution in [1.82, 2.24) is 0 Å². The molecule has 4 nitrogen and oxygen atoms in total. The maximum atomic E-state index is 12.2. The number of methoxy groups -OCH3 is 2. The summed E-state index contributed by atoms with van der Waals surface area (Å²) >= 11 is 0. The zero-order valence-corrected chi connectivity index (χ0v) is 14.9. The number of hydrogen-bond acceptors (Lipinski definition) is 4. The highest BCUT2D eigenvalue weighted by Gasteiger charge is 2.48. The van der Waals surface area contributed by atoms with E-state index in [1.807, 2.05) is 6.92 Å². The van der Waals surface area contributed by atoms with Crippen molar-refractivity contribution in [3.63, 3.8) is 0 Å². The van der Waals surface area contributed by atoms with Crippen LogP contribution in [0.3, 0.4) is 0 Å². The van der Waals surface area contributed by atoms with Crippen LogP contribution in [0.2, 0.25) is 19.6 Å². The van der Waals surface area contributed by atoms with Gasteiger partial charge in [0.05, 0.1) is 14.2 Å². The topological polar surface area (TPSA) is 52.6 Å². The van der Waals surface area contributed by atoms with Crippen molar-refractivity contribution >= 4 is 20.0 Å². The van der Waals surface area contributed by atoms with Gasteiger partial charge >= 0.3 is 11.9 Å². The molecule has 0 aliphatic heterocycles. The second kappa shape index (κ2) is 8.04. The maximum Gasteiger partial charge on any atom is 0.324 e. The predicted molar refractivity (Wildman–Crippen MR) is 86.2 cm³/mol. The molecule has 0 aliphatic carbocycles. The summed E-state index contributed by atoms with van der Waals surface area (Å²) in [5, 5.41) is 0. The molecular weight excluding hydrogens is 284 g/mol. The number of ether oxygens (including phenoxy) is 2. The fraction of sp³-hybridized carbons (Fsp3) is 0.625. The third-order valence-corrected chi connectivity index (χ3v) is 4.01. The van der Waals surface area contributed by atoms with Crippen molar-refractivity contribution in [2.75, 3.05) is 14.2 Å². The Kier molecular flexibility index (Phi) is 7.45. The van der Waals surface area contributed by atoms with Crippen LogP contribution >= 0.6 is 0 Å². The molecular formula is C16H26O4Si. The second-order valence-electron chi connectivity index (χ2n) is 6.21. The van der Waals surface area contributed by atoms with Crippen molar-refractivity contribution in [2.45, 2.75) is 39.4 Å². The largest absolute Gasteiger partial charge is 0.468 e. The summed E-state index contributed by atoms with van der Waals surface area (Å²) in [7, 11) is 0.956. The van der Waals surface area contributed by atoms with Crippen molar-refractivity contribution in [3.8, 4) is 11.5 Å². The van der Waals surface area contributed by atoms with Crippen LogP contribution in [0.5, 0.6) is 0 Å². The minimum Gasteiger partial charge on any atom is -0.468 e. The highest BCUT2D eigenvalue weighted by atomic mass is 28.3. The van der Waals surface area contributed by atoms with Crippen LogP contribution in [0.4, 0.5) is 0 Å². The standard InChI is InChI=1S/C16H26O4Si/c1-8-13(2)12-16(14(17)19-3,15(18)20-4)10-9-11-21(5,6)7/h8,13H,1,10,12H2,2-7H3. The Bertz CT molecular complexity index is 435. The second-order valence-corrected chi connectivity index (χ2v) is 11.0. The zero-order chi connectivity index (χ0) is 16.7.